The van der Waals surface area contributed by atoms with Crippen molar-refractivity contribution in [3.05, 3.63) is 22.4 Å². The molecule has 0 saturated carbocycles. The SMILES string of the molecule is CC(C)OCCc1cccs1. The van der Waals surface area contributed by atoms with Crippen LogP contribution in [0.4, 0.5) is 0 Å². The van der Waals surface area contributed by atoms with Gasteiger partial charge < -0.3 is 4.74 Å². The molecular weight excluding hydrogens is 156 g/mol. The summed E-state index contributed by atoms with van der Waals surface area (Å²) in [7, 11) is 0. The summed E-state index contributed by atoms with van der Waals surface area (Å²) in [6, 6.07) is 4.23. The van der Waals surface area contributed by atoms with Crippen molar-refractivity contribution in [3.8, 4) is 0 Å². The number of ether oxygens (including phenoxy) is 1. The Labute approximate surface area is 72.0 Å². The quantitative estimate of drug-likeness (QED) is 0.675. The van der Waals surface area contributed by atoms with Gasteiger partial charge >= 0.3 is 0 Å². The van der Waals surface area contributed by atoms with Gasteiger partial charge in [-0.1, -0.05) is 6.07 Å². The van der Waals surface area contributed by atoms with E-state index in [1.165, 1.54) is 4.88 Å². The molecule has 11 heavy (non-hydrogen) atoms. The van der Waals surface area contributed by atoms with Crippen LogP contribution in [-0.4, -0.2) is 12.7 Å². The van der Waals surface area contributed by atoms with Gasteiger partial charge in [0.1, 0.15) is 0 Å². The van der Waals surface area contributed by atoms with Crippen LogP contribution in [0.3, 0.4) is 0 Å². The highest BCUT2D eigenvalue weighted by molar-refractivity contribution is 7.09. The maximum Gasteiger partial charge on any atom is 0.0519 e. The van der Waals surface area contributed by atoms with Gasteiger partial charge in [-0.15, -0.1) is 11.3 Å². The Morgan fingerprint density at radius 3 is 2.91 bits per heavy atom. The van der Waals surface area contributed by atoms with Crippen LogP contribution in [0.25, 0.3) is 0 Å². The van der Waals surface area contributed by atoms with Crippen molar-refractivity contribution >= 4 is 11.3 Å². The molecule has 0 amide bonds. The minimum Gasteiger partial charge on any atom is -0.378 e. The van der Waals surface area contributed by atoms with E-state index < -0.39 is 0 Å². The van der Waals surface area contributed by atoms with E-state index in [9.17, 15) is 0 Å². The number of thiophene rings is 1. The first-order valence-corrected chi connectivity index (χ1v) is 4.81. The van der Waals surface area contributed by atoms with Crippen LogP contribution >= 0.6 is 11.3 Å². The highest BCUT2D eigenvalue weighted by atomic mass is 32.1. The summed E-state index contributed by atoms with van der Waals surface area (Å²) in [4.78, 5) is 1.41. The van der Waals surface area contributed by atoms with Gasteiger partial charge in [0, 0.05) is 11.3 Å². The molecule has 0 spiro atoms. The maximum atomic E-state index is 5.42. The summed E-state index contributed by atoms with van der Waals surface area (Å²) in [5.41, 5.74) is 0. The molecule has 0 unspecified atom stereocenters. The molecule has 0 aliphatic heterocycles. The first-order valence-electron chi connectivity index (χ1n) is 3.93. The zero-order chi connectivity index (χ0) is 8.10. The van der Waals surface area contributed by atoms with E-state index in [1.54, 1.807) is 11.3 Å². The normalized spacial score (nSPS) is 10.8. The van der Waals surface area contributed by atoms with Gasteiger partial charge in [-0.2, -0.15) is 0 Å². The van der Waals surface area contributed by atoms with Crippen molar-refractivity contribution in [1.82, 2.24) is 0 Å². The summed E-state index contributed by atoms with van der Waals surface area (Å²) < 4.78 is 5.42. The smallest absolute Gasteiger partial charge is 0.0519 e. The molecular formula is C9H14OS. The highest BCUT2D eigenvalue weighted by Crippen LogP contribution is 2.09. The summed E-state index contributed by atoms with van der Waals surface area (Å²) in [5.74, 6) is 0. The second-order valence-electron chi connectivity index (χ2n) is 2.75. The third-order valence-electron chi connectivity index (χ3n) is 1.38. The maximum absolute atomic E-state index is 5.42. The molecule has 1 nitrogen and oxygen atoms in total. The van der Waals surface area contributed by atoms with Crippen LogP contribution in [0.1, 0.15) is 18.7 Å². The Morgan fingerprint density at radius 1 is 1.55 bits per heavy atom. The highest BCUT2D eigenvalue weighted by Gasteiger charge is 1.95. The van der Waals surface area contributed by atoms with Gasteiger partial charge in [0.15, 0.2) is 0 Å². The Hall–Kier alpha value is -0.340. The predicted molar refractivity (Wildman–Crippen MR) is 49.1 cm³/mol. The van der Waals surface area contributed by atoms with E-state index >= 15 is 0 Å². The third kappa shape index (κ3) is 3.54. The predicted octanol–water partition coefficient (Wildman–Crippen LogP) is 2.72. The summed E-state index contributed by atoms with van der Waals surface area (Å²) in [5, 5.41) is 2.10. The van der Waals surface area contributed by atoms with Crippen molar-refractivity contribution in [3.63, 3.8) is 0 Å². The van der Waals surface area contributed by atoms with Crippen molar-refractivity contribution < 1.29 is 4.74 Å². The van der Waals surface area contributed by atoms with Crippen LogP contribution in [0.5, 0.6) is 0 Å². The summed E-state index contributed by atoms with van der Waals surface area (Å²) in [6.45, 7) is 4.97. The fourth-order valence-corrected chi connectivity index (χ4v) is 1.54. The summed E-state index contributed by atoms with van der Waals surface area (Å²) >= 11 is 1.79. The van der Waals surface area contributed by atoms with Crippen LogP contribution in [-0.2, 0) is 11.2 Å². The molecule has 62 valence electrons. The standard InChI is InChI=1S/C9H14OS/c1-8(2)10-6-5-9-4-3-7-11-9/h3-4,7-8H,5-6H2,1-2H3. The molecule has 0 radical (unpaired) electrons. The zero-order valence-electron chi connectivity index (χ0n) is 7.04. The van der Waals surface area contributed by atoms with E-state index in [1.807, 2.05) is 0 Å². The molecule has 0 saturated heterocycles. The molecule has 0 bridgehead atoms. The van der Waals surface area contributed by atoms with Gasteiger partial charge in [0.25, 0.3) is 0 Å². The second-order valence-corrected chi connectivity index (χ2v) is 3.78. The molecule has 0 aromatic carbocycles. The van der Waals surface area contributed by atoms with Gasteiger partial charge in [-0.3, -0.25) is 0 Å². The summed E-state index contributed by atoms with van der Waals surface area (Å²) in [6.07, 6.45) is 1.41. The number of hydrogen-bond donors (Lipinski definition) is 0. The first-order chi connectivity index (χ1) is 5.29. The monoisotopic (exact) mass is 170 g/mol. The molecule has 0 N–H and O–H groups in total. The average molecular weight is 170 g/mol. The minimum absolute atomic E-state index is 0.356. The molecule has 0 atom stereocenters. The second kappa shape index (κ2) is 4.52. The Bertz CT molecular complexity index is 179. The fraction of sp³-hybridized carbons (Fsp3) is 0.556. The molecule has 1 heterocycles. The van der Waals surface area contributed by atoms with E-state index in [2.05, 4.69) is 31.4 Å². The van der Waals surface area contributed by atoms with E-state index in [0.29, 0.717) is 6.10 Å². The van der Waals surface area contributed by atoms with Crippen molar-refractivity contribution in [2.45, 2.75) is 26.4 Å². The number of hydrogen-bond acceptors (Lipinski definition) is 2. The van der Waals surface area contributed by atoms with Crippen LogP contribution in [0.15, 0.2) is 17.5 Å². The first kappa shape index (κ1) is 8.75. The van der Waals surface area contributed by atoms with Crippen LogP contribution in [0.2, 0.25) is 0 Å². The Kier molecular flexibility index (Phi) is 3.60. The van der Waals surface area contributed by atoms with E-state index in [4.69, 9.17) is 4.74 Å². The molecule has 0 aliphatic carbocycles. The van der Waals surface area contributed by atoms with Crippen molar-refractivity contribution in [1.29, 1.82) is 0 Å². The zero-order valence-corrected chi connectivity index (χ0v) is 7.86. The fourth-order valence-electron chi connectivity index (χ4n) is 0.850. The van der Waals surface area contributed by atoms with Gasteiger partial charge in [0.2, 0.25) is 0 Å². The third-order valence-corrected chi connectivity index (χ3v) is 2.32. The molecule has 1 aromatic rings. The van der Waals surface area contributed by atoms with Crippen molar-refractivity contribution in [2.24, 2.45) is 0 Å². The van der Waals surface area contributed by atoms with Gasteiger partial charge in [-0.25, -0.2) is 0 Å². The topological polar surface area (TPSA) is 9.23 Å². The molecule has 0 fully saturated rings. The van der Waals surface area contributed by atoms with Crippen LogP contribution in [0, 0.1) is 0 Å². The van der Waals surface area contributed by atoms with Crippen LogP contribution < -0.4 is 0 Å². The lowest BCUT2D eigenvalue weighted by Gasteiger charge is -2.05. The molecule has 0 aliphatic rings. The Morgan fingerprint density at radius 2 is 2.36 bits per heavy atom. The van der Waals surface area contributed by atoms with Gasteiger partial charge in [0.05, 0.1) is 12.7 Å². The Balaban J connectivity index is 2.14. The molecule has 2 heteroatoms. The largest absolute Gasteiger partial charge is 0.378 e. The lowest BCUT2D eigenvalue weighted by Crippen LogP contribution is -2.05. The number of rotatable bonds is 4. The van der Waals surface area contributed by atoms with E-state index in [-0.39, 0.29) is 0 Å². The average Bonchev–Trinajstić information content (AvgIpc) is 2.39. The van der Waals surface area contributed by atoms with E-state index in [0.717, 1.165) is 13.0 Å². The lowest BCUT2D eigenvalue weighted by molar-refractivity contribution is 0.0817. The molecule has 1 rings (SSSR count). The molecule has 1 aromatic heterocycles. The van der Waals surface area contributed by atoms with Crippen molar-refractivity contribution in [2.75, 3.05) is 6.61 Å². The minimum atomic E-state index is 0.356. The van der Waals surface area contributed by atoms with Gasteiger partial charge in [-0.05, 0) is 25.3 Å². The lowest BCUT2D eigenvalue weighted by atomic mass is 10.3.